The molecule has 0 aliphatic rings. The van der Waals surface area contributed by atoms with Crippen LogP contribution in [0.3, 0.4) is 0 Å². The van der Waals surface area contributed by atoms with Crippen molar-refractivity contribution in [1.82, 2.24) is 9.38 Å². The summed E-state index contributed by atoms with van der Waals surface area (Å²) >= 11 is 1.68. The highest BCUT2D eigenvalue weighted by Crippen LogP contribution is 2.26. The van der Waals surface area contributed by atoms with Crippen LogP contribution in [0, 0.1) is 0 Å². The summed E-state index contributed by atoms with van der Waals surface area (Å²) in [5.74, 6) is 0. The molecule has 78 valence electrons. The molecule has 0 unspecified atom stereocenters. The fraction of sp³-hybridized carbons (Fsp3) is 0. The van der Waals surface area contributed by atoms with Crippen LogP contribution >= 0.6 is 11.8 Å². The molecule has 0 aliphatic heterocycles. The van der Waals surface area contributed by atoms with E-state index in [1.54, 1.807) is 11.8 Å². The number of hydrogen-bond acceptors (Lipinski definition) is 2. The summed E-state index contributed by atoms with van der Waals surface area (Å²) in [6, 6.07) is 16.3. The molecule has 0 saturated carbocycles. The maximum Gasteiger partial charge on any atom is 0.138 e. The van der Waals surface area contributed by atoms with E-state index in [2.05, 4.69) is 17.1 Å². The zero-order chi connectivity index (χ0) is 10.8. The lowest BCUT2D eigenvalue weighted by Crippen LogP contribution is -1.77. The molecule has 2 nitrogen and oxygen atoms in total. The van der Waals surface area contributed by atoms with E-state index in [0.717, 1.165) is 10.7 Å². The summed E-state index contributed by atoms with van der Waals surface area (Å²) in [6.07, 6.45) is 4.06. The van der Waals surface area contributed by atoms with Crippen LogP contribution in [0.4, 0.5) is 0 Å². The van der Waals surface area contributed by atoms with Gasteiger partial charge in [-0.15, -0.1) is 0 Å². The first-order chi connectivity index (χ1) is 7.92. The van der Waals surface area contributed by atoms with Crippen LogP contribution in [0.1, 0.15) is 0 Å². The topological polar surface area (TPSA) is 17.3 Å². The van der Waals surface area contributed by atoms with Gasteiger partial charge in [-0.2, -0.15) is 0 Å². The first-order valence-electron chi connectivity index (χ1n) is 5.08. The van der Waals surface area contributed by atoms with E-state index < -0.39 is 0 Å². The van der Waals surface area contributed by atoms with Crippen molar-refractivity contribution < 1.29 is 0 Å². The predicted molar refractivity (Wildman–Crippen MR) is 65.8 cm³/mol. The number of rotatable bonds is 2. The second-order valence-corrected chi connectivity index (χ2v) is 4.55. The van der Waals surface area contributed by atoms with Crippen LogP contribution in [0.25, 0.3) is 5.65 Å². The van der Waals surface area contributed by atoms with E-state index in [9.17, 15) is 0 Å². The number of aromatic nitrogens is 2. The molecule has 2 heterocycles. The van der Waals surface area contributed by atoms with E-state index >= 15 is 0 Å². The van der Waals surface area contributed by atoms with Crippen molar-refractivity contribution in [3.63, 3.8) is 0 Å². The predicted octanol–water partition coefficient (Wildman–Crippen LogP) is 3.49. The number of imidazole rings is 1. The summed E-state index contributed by atoms with van der Waals surface area (Å²) in [5.41, 5.74) is 0.987. The van der Waals surface area contributed by atoms with Crippen molar-refractivity contribution in [2.75, 3.05) is 0 Å². The Balaban J connectivity index is 1.95. The van der Waals surface area contributed by atoms with Crippen LogP contribution in [-0.4, -0.2) is 9.38 Å². The molecule has 0 bridgehead atoms. The van der Waals surface area contributed by atoms with Gasteiger partial charge in [0, 0.05) is 17.3 Å². The quantitative estimate of drug-likeness (QED) is 0.665. The molecule has 0 amide bonds. The number of nitrogens with zero attached hydrogens (tertiary/aromatic N) is 2. The molecule has 0 radical (unpaired) electrons. The van der Waals surface area contributed by atoms with Gasteiger partial charge in [-0.05, 0) is 24.3 Å². The van der Waals surface area contributed by atoms with Crippen LogP contribution < -0.4 is 0 Å². The fourth-order valence-electron chi connectivity index (χ4n) is 1.57. The van der Waals surface area contributed by atoms with E-state index in [1.165, 1.54) is 4.90 Å². The standard InChI is InChI=1S/C13H10N2S/c1-2-6-11(7-3-1)16-13-10-15-9-5-4-8-12(15)14-13/h1-10H. The molecule has 0 fully saturated rings. The molecule has 3 rings (SSSR count). The van der Waals surface area contributed by atoms with Crippen molar-refractivity contribution in [3.8, 4) is 0 Å². The smallest absolute Gasteiger partial charge is 0.138 e. The van der Waals surface area contributed by atoms with Gasteiger partial charge in [0.1, 0.15) is 10.7 Å². The minimum Gasteiger partial charge on any atom is -0.306 e. The normalized spacial score (nSPS) is 10.8. The maximum atomic E-state index is 4.53. The van der Waals surface area contributed by atoms with Crippen molar-refractivity contribution >= 4 is 17.4 Å². The maximum absolute atomic E-state index is 4.53. The van der Waals surface area contributed by atoms with Crippen molar-refractivity contribution in [2.24, 2.45) is 0 Å². The second-order valence-electron chi connectivity index (χ2n) is 3.46. The van der Waals surface area contributed by atoms with Crippen LogP contribution in [0.15, 0.2) is 70.8 Å². The van der Waals surface area contributed by atoms with Gasteiger partial charge in [-0.25, -0.2) is 4.98 Å². The molecule has 1 aromatic carbocycles. The van der Waals surface area contributed by atoms with Crippen LogP contribution in [-0.2, 0) is 0 Å². The average Bonchev–Trinajstić information content (AvgIpc) is 2.72. The number of benzene rings is 1. The SMILES string of the molecule is c1ccc(Sc2cn3ccccc3n2)cc1. The minimum absolute atomic E-state index is 0.987. The largest absolute Gasteiger partial charge is 0.306 e. The Labute approximate surface area is 97.9 Å². The summed E-state index contributed by atoms with van der Waals surface area (Å²) in [6.45, 7) is 0. The zero-order valence-corrected chi connectivity index (χ0v) is 9.39. The number of hydrogen-bond donors (Lipinski definition) is 0. The highest BCUT2D eigenvalue weighted by molar-refractivity contribution is 7.99. The molecular formula is C13H10N2S. The monoisotopic (exact) mass is 226 g/mol. The molecule has 16 heavy (non-hydrogen) atoms. The molecular weight excluding hydrogens is 216 g/mol. The lowest BCUT2D eigenvalue weighted by Gasteiger charge is -1.94. The molecule has 3 aromatic rings. The Morgan fingerprint density at radius 1 is 0.938 bits per heavy atom. The molecule has 0 spiro atoms. The van der Waals surface area contributed by atoms with Gasteiger partial charge in [0.25, 0.3) is 0 Å². The highest BCUT2D eigenvalue weighted by Gasteiger charge is 2.02. The summed E-state index contributed by atoms with van der Waals surface area (Å²) in [4.78, 5) is 5.75. The van der Waals surface area contributed by atoms with E-state index in [0.29, 0.717) is 0 Å². The van der Waals surface area contributed by atoms with Gasteiger partial charge < -0.3 is 4.40 Å². The number of fused-ring (bicyclic) bond motifs is 1. The van der Waals surface area contributed by atoms with Gasteiger partial charge >= 0.3 is 0 Å². The first-order valence-corrected chi connectivity index (χ1v) is 5.90. The van der Waals surface area contributed by atoms with Gasteiger partial charge in [-0.1, -0.05) is 36.0 Å². The molecule has 3 heteroatoms. The number of pyridine rings is 1. The van der Waals surface area contributed by atoms with E-state index in [1.807, 2.05) is 53.2 Å². The molecule has 0 aliphatic carbocycles. The lowest BCUT2D eigenvalue weighted by atomic mass is 10.4. The zero-order valence-electron chi connectivity index (χ0n) is 8.58. The van der Waals surface area contributed by atoms with Gasteiger partial charge in [-0.3, -0.25) is 0 Å². The van der Waals surface area contributed by atoms with Gasteiger partial charge in [0.15, 0.2) is 0 Å². The first kappa shape index (κ1) is 9.48. The Kier molecular flexibility index (Phi) is 2.38. The molecule has 0 N–H and O–H groups in total. The third-order valence-corrected chi connectivity index (χ3v) is 3.22. The summed E-state index contributed by atoms with van der Waals surface area (Å²) in [5, 5.41) is 1.03. The van der Waals surface area contributed by atoms with E-state index in [4.69, 9.17) is 0 Å². The fourth-order valence-corrected chi connectivity index (χ4v) is 2.41. The average molecular weight is 226 g/mol. The highest BCUT2D eigenvalue weighted by atomic mass is 32.2. The Hall–Kier alpha value is -1.74. The molecule has 0 saturated heterocycles. The second kappa shape index (κ2) is 4.02. The Morgan fingerprint density at radius 2 is 1.75 bits per heavy atom. The molecule has 0 atom stereocenters. The Morgan fingerprint density at radius 3 is 2.56 bits per heavy atom. The minimum atomic E-state index is 0.987. The van der Waals surface area contributed by atoms with Crippen LogP contribution in [0.2, 0.25) is 0 Å². The van der Waals surface area contributed by atoms with Crippen molar-refractivity contribution in [2.45, 2.75) is 9.92 Å². The van der Waals surface area contributed by atoms with Gasteiger partial charge in [0.05, 0.1) is 0 Å². The third-order valence-electron chi connectivity index (χ3n) is 2.31. The van der Waals surface area contributed by atoms with E-state index in [-0.39, 0.29) is 0 Å². The molecule has 2 aromatic heterocycles. The van der Waals surface area contributed by atoms with Gasteiger partial charge in [0.2, 0.25) is 0 Å². The van der Waals surface area contributed by atoms with Crippen molar-refractivity contribution in [3.05, 3.63) is 60.9 Å². The Bertz CT molecular complexity index is 568. The van der Waals surface area contributed by atoms with Crippen LogP contribution in [0.5, 0.6) is 0 Å². The summed E-state index contributed by atoms with van der Waals surface area (Å²) in [7, 11) is 0. The third kappa shape index (κ3) is 1.82. The van der Waals surface area contributed by atoms with Crippen molar-refractivity contribution in [1.29, 1.82) is 0 Å². The lowest BCUT2D eigenvalue weighted by molar-refractivity contribution is 1.18. The summed E-state index contributed by atoms with van der Waals surface area (Å²) < 4.78 is 2.03.